The van der Waals surface area contributed by atoms with Crippen LogP contribution in [0.4, 0.5) is 0 Å². The fourth-order valence-corrected chi connectivity index (χ4v) is 2.06. The van der Waals surface area contributed by atoms with E-state index in [-0.39, 0.29) is 0 Å². The Labute approximate surface area is 122 Å². The highest BCUT2D eigenvalue weighted by molar-refractivity contribution is 5.67. The van der Waals surface area contributed by atoms with Crippen molar-refractivity contribution in [1.29, 1.82) is 0 Å². The largest absolute Gasteiger partial charge is 0.486 e. The Kier molecular flexibility index (Phi) is 4.03. The summed E-state index contributed by atoms with van der Waals surface area (Å²) in [6, 6.07) is 5.13. The topological polar surface area (TPSA) is 92.6 Å². The van der Waals surface area contributed by atoms with Gasteiger partial charge in [0.05, 0.1) is 18.2 Å². The highest BCUT2D eigenvalue weighted by atomic mass is 16.6. The van der Waals surface area contributed by atoms with Crippen molar-refractivity contribution in [3.63, 3.8) is 0 Å². The van der Waals surface area contributed by atoms with E-state index in [1.165, 1.54) is 0 Å². The number of fused-ring (bicyclic) bond motifs is 1. The van der Waals surface area contributed by atoms with Crippen LogP contribution in [0.15, 0.2) is 22.7 Å². The molecule has 0 radical (unpaired) electrons. The van der Waals surface area contributed by atoms with Gasteiger partial charge in [-0.15, -0.1) is 0 Å². The normalized spacial score (nSPS) is 15.0. The van der Waals surface area contributed by atoms with Crippen molar-refractivity contribution in [3.8, 4) is 23.0 Å². The summed E-state index contributed by atoms with van der Waals surface area (Å²) in [4.78, 5) is 4.32. The number of ether oxygens (including phenoxy) is 3. The van der Waals surface area contributed by atoms with Crippen LogP contribution in [0.25, 0.3) is 11.5 Å². The first-order valence-electron chi connectivity index (χ1n) is 6.85. The smallest absolute Gasteiger partial charge is 0.261 e. The van der Waals surface area contributed by atoms with Crippen LogP contribution in [-0.2, 0) is 4.74 Å². The summed E-state index contributed by atoms with van der Waals surface area (Å²) in [7, 11) is 0. The lowest BCUT2D eigenvalue weighted by Gasteiger charge is -2.19. The van der Waals surface area contributed by atoms with Crippen LogP contribution in [0.5, 0.6) is 11.5 Å². The summed E-state index contributed by atoms with van der Waals surface area (Å²) in [6.45, 7) is 3.87. The Balaban J connectivity index is 1.86. The molecule has 2 N–H and O–H groups in total. The predicted octanol–water partition coefficient (Wildman–Crippen LogP) is 1.54. The molecular formula is C14H17N3O4. The lowest BCUT2D eigenvalue weighted by molar-refractivity contribution is 0.130. The standard InChI is InChI=1S/C14H17N3O4/c1-2-18-8-10(15)13-16-14(21-17-13)9-4-3-5-11-12(9)20-7-6-19-11/h3-5,10H,2,6-8,15H2,1H3. The number of para-hydroxylation sites is 1. The number of hydrogen-bond donors (Lipinski definition) is 1. The van der Waals surface area contributed by atoms with Crippen molar-refractivity contribution in [2.45, 2.75) is 13.0 Å². The Hall–Kier alpha value is -2.12. The van der Waals surface area contributed by atoms with Crippen molar-refractivity contribution in [3.05, 3.63) is 24.0 Å². The molecule has 1 unspecified atom stereocenters. The van der Waals surface area contributed by atoms with E-state index >= 15 is 0 Å². The molecule has 0 aliphatic carbocycles. The van der Waals surface area contributed by atoms with E-state index in [0.717, 1.165) is 0 Å². The van der Waals surface area contributed by atoms with Gasteiger partial charge in [-0.2, -0.15) is 4.98 Å². The predicted molar refractivity (Wildman–Crippen MR) is 74.1 cm³/mol. The Morgan fingerprint density at radius 1 is 1.33 bits per heavy atom. The molecule has 3 rings (SSSR count). The number of benzene rings is 1. The zero-order valence-corrected chi connectivity index (χ0v) is 11.7. The van der Waals surface area contributed by atoms with Gasteiger partial charge in [-0.25, -0.2) is 0 Å². The molecule has 7 heteroatoms. The maximum atomic E-state index is 5.94. The lowest BCUT2D eigenvalue weighted by Crippen LogP contribution is -2.18. The van der Waals surface area contributed by atoms with E-state index in [1.807, 2.05) is 25.1 Å². The van der Waals surface area contributed by atoms with Crippen LogP contribution in [0.3, 0.4) is 0 Å². The first-order valence-corrected chi connectivity index (χ1v) is 6.85. The van der Waals surface area contributed by atoms with Crippen molar-refractivity contribution in [2.75, 3.05) is 26.4 Å². The van der Waals surface area contributed by atoms with E-state index in [2.05, 4.69) is 10.1 Å². The van der Waals surface area contributed by atoms with Crippen molar-refractivity contribution in [1.82, 2.24) is 10.1 Å². The van der Waals surface area contributed by atoms with Gasteiger partial charge in [0.2, 0.25) is 0 Å². The second-order valence-electron chi connectivity index (χ2n) is 4.55. The van der Waals surface area contributed by atoms with Gasteiger partial charge < -0.3 is 24.5 Å². The van der Waals surface area contributed by atoms with E-state index < -0.39 is 6.04 Å². The molecule has 1 aliphatic heterocycles. The zero-order valence-electron chi connectivity index (χ0n) is 11.7. The van der Waals surface area contributed by atoms with Gasteiger partial charge in [0, 0.05) is 6.61 Å². The number of nitrogens with zero attached hydrogens (tertiary/aromatic N) is 2. The maximum absolute atomic E-state index is 5.94. The second-order valence-corrected chi connectivity index (χ2v) is 4.55. The molecule has 21 heavy (non-hydrogen) atoms. The Morgan fingerprint density at radius 3 is 3.05 bits per heavy atom. The van der Waals surface area contributed by atoms with Crippen LogP contribution in [0.1, 0.15) is 18.8 Å². The van der Waals surface area contributed by atoms with E-state index in [0.29, 0.717) is 55.2 Å². The van der Waals surface area contributed by atoms with Crippen LogP contribution >= 0.6 is 0 Å². The molecular weight excluding hydrogens is 274 g/mol. The van der Waals surface area contributed by atoms with Crippen molar-refractivity contribution in [2.24, 2.45) is 5.73 Å². The number of rotatable bonds is 5. The molecule has 0 saturated heterocycles. The molecule has 1 aliphatic rings. The minimum atomic E-state index is -0.417. The quantitative estimate of drug-likeness (QED) is 0.893. The SMILES string of the molecule is CCOCC(N)c1noc(-c2cccc3c2OCCO3)n1. The molecule has 2 heterocycles. The molecule has 1 atom stereocenters. The van der Waals surface area contributed by atoms with E-state index in [1.54, 1.807) is 0 Å². The zero-order chi connectivity index (χ0) is 14.7. The monoisotopic (exact) mass is 291 g/mol. The summed E-state index contributed by atoms with van der Waals surface area (Å²) >= 11 is 0. The number of hydrogen-bond acceptors (Lipinski definition) is 7. The summed E-state index contributed by atoms with van der Waals surface area (Å²) < 4.78 is 21.7. The number of aromatic nitrogens is 2. The van der Waals surface area contributed by atoms with Gasteiger partial charge in [0.15, 0.2) is 17.3 Å². The van der Waals surface area contributed by atoms with Crippen LogP contribution in [0, 0.1) is 0 Å². The molecule has 7 nitrogen and oxygen atoms in total. The summed E-state index contributed by atoms with van der Waals surface area (Å²) in [5.41, 5.74) is 6.65. The van der Waals surface area contributed by atoms with Gasteiger partial charge in [0.25, 0.3) is 5.89 Å². The molecule has 1 aromatic carbocycles. The molecule has 1 aromatic heterocycles. The summed E-state index contributed by atoms with van der Waals surface area (Å²) in [5, 5.41) is 3.91. The van der Waals surface area contributed by atoms with Crippen molar-refractivity contribution >= 4 is 0 Å². The van der Waals surface area contributed by atoms with Crippen LogP contribution < -0.4 is 15.2 Å². The van der Waals surface area contributed by atoms with Gasteiger partial charge in [-0.05, 0) is 19.1 Å². The third kappa shape index (κ3) is 2.84. The average Bonchev–Trinajstić information content (AvgIpc) is 3.02. The van der Waals surface area contributed by atoms with Crippen LogP contribution in [0.2, 0.25) is 0 Å². The summed E-state index contributed by atoms with van der Waals surface area (Å²) in [6.07, 6.45) is 0. The van der Waals surface area contributed by atoms with E-state index in [4.69, 9.17) is 24.5 Å². The van der Waals surface area contributed by atoms with Crippen molar-refractivity contribution < 1.29 is 18.7 Å². The third-order valence-corrected chi connectivity index (χ3v) is 3.07. The van der Waals surface area contributed by atoms with Gasteiger partial charge >= 0.3 is 0 Å². The molecule has 0 spiro atoms. The fraction of sp³-hybridized carbons (Fsp3) is 0.429. The Bertz CT molecular complexity index is 614. The van der Waals surface area contributed by atoms with Gasteiger partial charge in [-0.3, -0.25) is 0 Å². The highest BCUT2D eigenvalue weighted by Gasteiger charge is 2.22. The molecule has 0 bridgehead atoms. The molecule has 0 fully saturated rings. The minimum Gasteiger partial charge on any atom is -0.486 e. The average molecular weight is 291 g/mol. The maximum Gasteiger partial charge on any atom is 0.261 e. The molecule has 0 saturated carbocycles. The second kappa shape index (κ2) is 6.11. The summed E-state index contributed by atoms with van der Waals surface area (Å²) in [5.74, 6) is 2.07. The fourth-order valence-electron chi connectivity index (χ4n) is 2.06. The minimum absolute atomic E-state index is 0.349. The third-order valence-electron chi connectivity index (χ3n) is 3.07. The first kappa shape index (κ1) is 13.8. The highest BCUT2D eigenvalue weighted by Crippen LogP contribution is 2.39. The van der Waals surface area contributed by atoms with E-state index in [9.17, 15) is 0 Å². The Morgan fingerprint density at radius 2 is 2.19 bits per heavy atom. The van der Waals surface area contributed by atoms with Gasteiger partial charge in [-0.1, -0.05) is 11.2 Å². The van der Waals surface area contributed by atoms with Gasteiger partial charge in [0.1, 0.15) is 13.2 Å². The first-order chi connectivity index (χ1) is 10.3. The number of nitrogens with two attached hydrogens (primary N) is 1. The lowest BCUT2D eigenvalue weighted by atomic mass is 10.1. The molecule has 0 amide bonds. The van der Waals surface area contributed by atoms with Crippen LogP contribution in [-0.4, -0.2) is 36.6 Å². The molecule has 112 valence electrons. The molecule has 2 aromatic rings.